The molecule has 1 rings (SSSR count). The zero-order valence-electron chi connectivity index (χ0n) is 7.75. The Bertz CT molecular complexity index is 371. The maximum Gasteiger partial charge on any atom is 0.133 e. The van der Waals surface area contributed by atoms with Crippen LogP contribution in [0, 0.1) is 11.3 Å². The van der Waals surface area contributed by atoms with E-state index < -0.39 is 0 Å². The topological polar surface area (TPSA) is 53.2 Å². The molecule has 0 aromatic heterocycles. The summed E-state index contributed by atoms with van der Waals surface area (Å²) in [5.74, 6) is 0.851. The summed E-state index contributed by atoms with van der Waals surface area (Å²) in [6.07, 6.45) is 0.888. The molecule has 0 saturated heterocycles. The van der Waals surface area contributed by atoms with Crippen molar-refractivity contribution in [3.05, 3.63) is 22.2 Å². The Morgan fingerprint density at radius 3 is 2.86 bits per heavy atom. The SMILES string of the molecule is COc1ccc(O)c(CCC#N)c1Br. The number of ether oxygens (including phenoxy) is 1. The maximum atomic E-state index is 9.54. The minimum Gasteiger partial charge on any atom is -0.508 e. The average molecular weight is 256 g/mol. The van der Waals surface area contributed by atoms with Gasteiger partial charge in [0, 0.05) is 12.0 Å². The van der Waals surface area contributed by atoms with E-state index in [9.17, 15) is 5.11 Å². The molecular formula is C10H10BrNO2. The highest BCUT2D eigenvalue weighted by Crippen LogP contribution is 2.35. The molecule has 0 amide bonds. The number of methoxy groups -OCH3 is 1. The van der Waals surface area contributed by atoms with E-state index in [1.165, 1.54) is 0 Å². The van der Waals surface area contributed by atoms with E-state index in [2.05, 4.69) is 15.9 Å². The first kappa shape index (κ1) is 10.9. The smallest absolute Gasteiger partial charge is 0.133 e. The number of nitrogens with zero attached hydrogens (tertiary/aromatic N) is 1. The third-order valence-electron chi connectivity index (χ3n) is 1.89. The summed E-state index contributed by atoms with van der Waals surface area (Å²) >= 11 is 3.33. The second kappa shape index (κ2) is 4.87. The van der Waals surface area contributed by atoms with Crippen LogP contribution in [0.3, 0.4) is 0 Å². The lowest BCUT2D eigenvalue weighted by Gasteiger charge is -2.09. The van der Waals surface area contributed by atoms with E-state index >= 15 is 0 Å². The first-order valence-corrected chi connectivity index (χ1v) is 4.91. The summed E-state index contributed by atoms with van der Waals surface area (Å²) in [7, 11) is 1.56. The summed E-state index contributed by atoms with van der Waals surface area (Å²) < 4.78 is 5.80. The maximum absolute atomic E-state index is 9.54. The molecular weight excluding hydrogens is 246 g/mol. The van der Waals surface area contributed by atoms with Gasteiger partial charge in [-0.3, -0.25) is 0 Å². The molecule has 0 bridgehead atoms. The standard InChI is InChI=1S/C10H10BrNO2/c1-14-9-5-4-8(13)7(10(9)11)3-2-6-12/h4-5,13H,2-3H2,1H3. The molecule has 0 spiro atoms. The van der Waals surface area contributed by atoms with Crippen LogP contribution in [-0.2, 0) is 6.42 Å². The van der Waals surface area contributed by atoms with Gasteiger partial charge in [0.1, 0.15) is 11.5 Å². The second-order valence-corrected chi connectivity index (χ2v) is 3.53. The molecule has 4 heteroatoms. The molecule has 0 aliphatic rings. The number of rotatable bonds is 3. The highest BCUT2D eigenvalue weighted by atomic mass is 79.9. The van der Waals surface area contributed by atoms with Crippen molar-refractivity contribution in [2.45, 2.75) is 12.8 Å². The lowest BCUT2D eigenvalue weighted by Crippen LogP contribution is -1.91. The molecule has 0 aliphatic heterocycles. The summed E-state index contributed by atoms with van der Waals surface area (Å²) in [5.41, 5.74) is 0.714. The van der Waals surface area contributed by atoms with Crippen molar-refractivity contribution >= 4 is 15.9 Å². The molecule has 0 atom stereocenters. The van der Waals surface area contributed by atoms with Gasteiger partial charge in [-0.1, -0.05) is 0 Å². The van der Waals surface area contributed by atoms with E-state index in [1.807, 2.05) is 6.07 Å². The van der Waals surface area contributed by atoms with Crippen molar-refractivity contribution in [3.63, 3.8) is 0 Å². The minimum atomic E-state index is 0.188. The molecule has 14 heavy (non-hydrogen) atoms. The van der Waals surface area contributed by atoms with Gasteiger partial charge in [0.05, 0.1) is 17.7 Å². The Labute approximate surface area is 91.1 Å². The van der Waals surface area contributed by atoms with Crippen molar-refractivity contribution in [1.82, 2.24) is 0 Å². The number of nitriles is 1. The number of hydrogen-bond acceptors (Lipinski definition) is 3. The lowest BCUT2D eigenvalue weighted by molar-refractivity contribution is 0.407. The van der Waals surface area contributed by atoms with Crippen LogP contribution in [0.25, 0.3) is 0 Å². The first-order valence-electron chi connectivity index (χ1n) is 4.12. The molecule has 1 aromatic rings. The van der Waals surface area contributed by atoms with Crippen LogP contribution in [0.2, 0.25) is 0 Å². The molecule has 74 valence electrons. The van der Waals surface area contributed by atoms with E-state index in [0.29, 0.717) is 24.2 Å². The molecule has 0 saturated carbocycles. The minimum absolute atomic E-state index is 0.188. The molecule has 3 nitrogen and oxygen atoms in total. The molecule has 0 heterocycles. The van der Waals surface area contributed by atoms with Crippen LogP contribution < -0.4 is 4.74 Å². The van der Waals surface area contributed by atoms with Crippen molar-refractivity contribution < 1.29 is 9.84 Å². The Kier molecular flexibility index (Phi) is 3.78. The third kappa shape index (κ3) is 2.18. The number of phenols is 1. The van der Waals surface area contributed by atoms with Crippen LogP contribution in [0.5, 0.6) is 11.5 Å². The number of halogens is 1. The van der Waals surface area contributed by atoms with Gasteiger partial charge in [0.15, 0.2) is 0 Å². The highest BCUT2D eigenvalue weighted by Gasteiger charge is 2.10. The number of phenolic OH excluding ortho intramolecular Hbond substituents is 1. The summed E-state index contributed by atoms with van der Waals surface area (Å²) in [6, 6.07) is 5.28. The van der Waals surface area contributed by atoms with E-state index in [-0.39, 0.29) is 5.75 Å². The van der Waals surface area contributed by atoms with Gasteiger partial charge in [0.2, 0.25) is 0 Å². The fraction of sp³-hybridized carbons (Fsp3) is 0.300. The van der Waals surface area contributed by atoms with E-state index in [1.54, 1.807) is 19.2 Å². The highest BCUT2D eigenvalue weighted by molar-refractivity contribution is 9.10. The average Bonchev–Trinajstić information content (AvgIpc) is 2.18. The molecule has 0 unspecified atom stereocenters. The van der Waals surface area contributed by atoms with Crippen LogP contribution in [0.15, 0.2) is 16.6 Å². The number of benzene rings is 1. The van der Waals surface area contributed by atoms with Gasteiger partial charge in [-0.15, -0.1) is 0 Å². The van der Waals surface area contributed by atoms with Gasteiger partial charge in [-0.05, 0) is 34.5 Å². The molecule has 0 aliphatic carbocycles. The molecule has 1 N–H and O–H groups in total. The Morgan fingerprint density at radius 2 is 2.29 bits per heavy atom. The lowest BCUT2D eigenvalue weighted by atomic mass is 10.1. The fourth-order valence-electron chi connectivity index (χ4n) is 1.17. The van der Waals surface area contributed by atoms with Crippen LogP contribution >= 0.6 is 15.9 Å². The summed E-state index contributed by atoms with van der Waals surface area (Å²) in [5, 5.41) is 18.0. The second-order valence-electron chi connectivity index (χ2n) is 2.74. The van der Waals surface area contributed by atoms with Crippen molar-refractivity contribution in [2.24, 2.45) is 0 Å². The van der Waals surface area contributed by atoms with Gasteiger partial charge in [-0.25, -0.2) is 0 Å². The van der Waals surface area contributed by atoms with Gasteiger partial charge < -0.3 is 9.84 Å². The van der Waals surface area contributed by atoms with Crippen LogP contribution in [0.4, 0.5) is 0 Å². The summed E-state index contributed by atoms with van der Waals surface area (Å²) in [4.78, 5) is 0. The van der Waals surface area contributed by atoms with Crippen LogP contribution in [-0.4, -0.2) is 12.2 Å². The Balaban J connectivity index is 3.06. The van der Waals surface area contributed by atoms with Crippen molar-refractivity contribution in [1.29, 1.82) is 5.26 Å². The van der Waals surface area contributed by atoms with Gasteiger partial charge in [0.25, 0.3) is 0 Å². The zero-order valence-corrected chi connectivity index (χ0v) is 9.34. The molecule has 0 radical (unpaired) electrons. The van der Waals surface area contributed by atoms with Crippen molar-refractivity contribution in [2.75, 3.05) is 7.11 Å². The predicted molar refractivity (Wildman–Crippen MR) is 56.3 cm³/mol. The Hall–Kier alpha value is -1.21. The number of aromatic hydroxyl groups is 1. The normalized spacial score (nSPS) is 9.50. The Morgan fingerprint density at radius 1 is 1.57 bits per heavy atom. The number of hydrogen-bond donors (Lipinski definition) is 1. The van der Waals surface area contributed by atoms with Gasteiger partial charge >= 0.3 is 0 Å². The van der Waals surface area contributed by atoms with E-state index in [0.717, 1.165) is 4.47 Å². The first-order chi connectivity index (χ1) is 6.70. The van der Waals surface area contributed by atoms with Crippen molar-refractivity contribution in [3.8, 4) is 17.6 Å². The fourth-order valence-corrected chi connectivity index (χ4v) is 1.86. The largest absolute Gasteiger partial charge is 0.508 e. The predicted octanol–water partition coefficient (Wildman–Crippen LogP) is 2.62. The molecule has 1 aromatic carbocycles. The van der Waals surface area contributed by atoms with Gasteiger partial charge in [-0.2, -0.15) is 5.26 Å². The van der Waals surface area contributed by atoms with E-state index in [4.69, 9.17) is 10.00 Å². The zero-order chi connectivity index (χ0) is 10.6. The monoisotopic (exact) mass is 255 g/mol. The molecule has 0 fully saturated rings. The quantitative estimate of drug-likeness (QED) is 0.904. The summed E-state index contributed by atoms with van der Waals surface area (Å²) in [6.45, 7) is 0. The third-order valence-corrected chi connectivity index (χ3v) is 2.76. The van der Waals surface area contributed by atoms with Crippen LogP contribution in [0.1, 0.15) is 12.0 Å².